The van der Waals surface area contributed by atoms with Gasteiger partial charge in [0.25, 0.3) is 0 Å². The van der Waals surface area contributed by atoms with Gasteiger partial charge in [-0.05, 0) is 99.0 Å². The van der Waals surface area contributed by atoms with Crippen LogP contribution in [0.15, 0.2) is 170 Å². The number of rotatable bonds is 4. The lowest BCUT2D eigenvalue weighted by molar-refractivity contribution is 0.793. The van der Waals surface area contributed by atoms with E-state index in [0.717, 1.165) is 17.1 Å². The van der Waals surface area contributed by atoms with E-state index in [1.165, 1.54) is 61.2 Å². The molecular weight excluding hydrogens is 542 g/mol. The molecule has 0 aliphatic heterocycles. The van der Waals surface area contributed by atoms with Crippen LogP contribution in [0.4, 0.5) is 17.1 Å². The number of nitrogens with zero attached hydrogens (tertiary/aromatic N) is 1. The van der Waals surface area contributed by atoms with E-state index in [9.17, 15) is 0 Å². The van der Waals surface area contributed by atoms with Gasteiger partial charge in [-0.1, -0.05) is 139 Å². The summed E-state index contributed by atoms with van der Waals surface area (Å²) in [6.45, 7) is 2.13. The Morgan fingerprint density at radius 1 is 0.356 bits per heavy atom. The van der Waals surface area contributed by atoms with Gasteiger partial charge < -0.3 is 4.90 Å². The highest BCUT2D eigenvalue weighted by atomic mass is 15.1. The molecule has 1 heteroatoms. The lowest BCUT2D eigenvalue weighted by Gasteiger charge is -2.32. The van der Waals surface area contributed by atoms with E-state index in [-0.39, 0.29) is 5.41 Å². The molecule has 0 heterocycles. The maximum absolute atomic E-state index is 2.45. The molecule has 9 rings (SSSR count). The van der Waals surface area contributed by atoms with Crippen LogP contribution >= 0.6 is 0 Å². The van der Waals surface area contributed by atoms with Crippen LogP contribution in [0.1, 0.15) is 27.8 Å². The Morgan fingerprint density at radius 2 is 0.778 bits per heavy atom. The maximum Gasteiger partial charge on any atom is 0.0726 e. The zero-order valence-electron chi connectivity index (χ0n) is 25.1. The van der Waals surface area contributed by atoms with Crippen molar-refractivity contribution in [3.05, 3.63) is 198 Å². The van der Waals surface area contributed by atoms with Crippen LogP contribution in [0, 0.1) is 6.92 Å². The molecule has 1 spiro atoms. The standard InChI is InChI=1S/C44H31N/c1-30-19-21-31(22-20-30)32-23-25-34(26-24-32)45(33-11-3-2-4-12-33)35-27-28-39-38-15-7-10-18-42(38)44(43(39)29-35)40-16-8-5-13-36(40)37-14-6-9-17-41(37)44/h2-29H,1H3. The summed E-state index contributed by atoms with van der Waals surface area (Å²) >= 11 is 0. The Bertz CT molecular complexity index is 2140. The molecule has 0 aromatic heterocycles. The zero-order chi connectivity index (χ0) is 30.0. The van der Waals surface area contributed by atoms with Gasteiger partial charge in [-0.25, -0.2) is 0 Å². The van der Waals surface area contributed by atoms with Crippen LogP contribution in [0.3, 0.4) is 0 Å². The highest BCUT2D eigenvalue weighted by molar-refractivity contribution is 5.96. The van der Waals surface area contributed by atoms with Crippen molar-refractivity contribution in [1.82, 2.24) is 0 Å². The summed E-state index contributed by atoms with van der Waals surface area (Å²) in [5.41, 5.74) is 17.5. The molecule has 7 aromatic carbocycles. The fourth-order valence-electron chi connectivity index (χ4n) is 7.80. The molecule has 0 N–H and O–H groups in total. The Morgan fingerprint density at radius 3 is 1.33 bits per heavy atom. The number of hydrogen-bond acceptors (Lipinski definition) is 1. The summed E-state index contributed by atoms with van der Waals surface area (Å²) < 4.78 is 0. The van der Waals surface area contributed by atoms with E-state index in [0.29, 0.717) is 0 Å². The highest BCUT2D eigenvalue weighted by Crippen LogP contribution is 2.63. The topological polar surface area (TPSA) is 3.24 Å². The minimum Gasteiger partial charge on any atom is -0.310 e. The molecule has 0 saturated carbocycles. The van der Waals surface area contributed by atoms with E-state index in [1.807, 2.05) is 0 Å². The molecule has 0 radical (unpaired) electrons. The second-order valence-corrected chi connectivity index (χ2v) is 12.2. The molecule has 0 unspecified atom stereocenters. The second kappa shape index (κ2) is 9.94. The van der Waals surface area contributed by atoms with Crippen molar-refractivity contribution in [2.75, 3.05) is 4.90 Å². The Balaban J connectivity index is 1.27. The van der Waals surface area contributed by atoms with E-state index < -0.39 is 0 Å². The molecule has 0 atom stereocenters. The van der Waals surface area contributed by atoms with Gasteiger partial charge in [-0.15, -0.1) is 0 Å². The number of anilines is 3. The minimum absolute atomic E-state index is 0.368. The van der Waals surface area contributed by atoms with Crippen LogP contribution in [-0.2, 0) is 5.41 Å². The third-order valence-electron chi connectivity index (χ3n) is 9.76. The van der Waals surface area contributed by atoms with Crippen LogP contribution in [0.25, 0.3) is 33.4 Å². The molecule has 0 fully saturated rings. The predicted molar refractivity (Wildman–Crippen MR) is 188 cm³/mol. The van der Waals surface area contributed by atoms with Crippen molar-refractivity contribution >= 4 is 17.1 Å². The van der Waals surface area contributed by atoms with Gasteiger partial charge in [0, 0.05) is 17.1 Å². The van der Waals surface area contributed by atoms with E-state index >= 15 is 0 Å². The first-order chi connectivity index (χ1) is 22.2. The van der Waals surface area contributed by atoms with Crippen molar-refractivity contribution in [2.45, 2.75) is 12.3 Å². The van der Waals surface area contributed by atoms with Crippen molar-refractivity contribution in [3.8, 4) is 33.4 Å². The monoisotopic (exact) mass is 573 g/mol. The molecular formula is C44H31N. The van der Waals surface area contributed by atoms with Crippen LogP contribution in [0.5, 0.6) is 0 Å². The lowest BCUT2D eigenvalue weighted by atomic mass is 9.70. The molecule has 212 valence electrons. The smallest absolute Gasteiger partial charge is 0.0726 e. The largest absolute Gasteiger partial charge is 0.310 e. The average molecular weight is 574 g/mol. The first-order valence-electron chi connectivity index (χ1n) is 15.7. The van der Waals surface area contributed by atoms with Gasteiger partial charge in [0.2, 0.25) is 0 Å². The number of hydrogen-bond donors (Lipinski definition) is 0. The van der Waals surface area contributed by atoms with E-state index in [2.05, 4.69) is 182 Å². The maximum atomic E-state index is 2.45. The minimum atomic E-state index is -0.368. The normalized spacial score (nSPS) is 13.2. The van der Waals surface area contributed by atoms with Crippen molar-refractivity contribution in [1.29, 1.82) is 0 Å². The van der Waals surface area contributed by atoms with E-state index in [1.54, 1.807) is 0 Å². The van der Waals surface area contributed by atoms with Gasteiger partial charge >= 0.3 is 0 Å². The summed E-state index contributed by atoms with van der Waals surface area (Å²) in [6.07, 6.45) is 0. The number of benzene rings is 7. The summed E-state index contributed by atoms with van der Waals surface area (Å²) in [5, 5.41) is 0. The molecule has 1 nitrogen and oxygen atoms in total. The molecule has 0 saturated heterocycles. The number of aryl methyl sites for hydroxylation is 1. The SMILES string of the molecule is Cc1ccc(-c2ccc(N(c3ccccc3)c3ccc4c(c3)C3(c5ccccc5-c5ccccc53)c3ccccc3-4)cc2)cc1. The van der Waals surface area contributed by atoms with Gasteiger partial charge in [-0.3, -0.25) is 0 Å². The summed E-state index contributed by atoms with van der Waals surface area (Å²) in [5.74, 6) is 0. The second-order valence-electron chi connectivity index (χ2n) is 12.2. The predicted octanol–water partition coefficient (Wildman–Crippen LogP) is 11.5. The highest BCUT2D eigenvalue weighted by Gasteiger charge is 2.51. The van der Waals surface area contributed by atoms with Crippen molar-refractivity contribution in [2.24, 2.45) is 0 Å². The average Bonchev–Trinajstić information content (AvgIpc) is 3.57. The summed E-state index contributed by atoms with van der Waals surface area (Å²) in [7, 11) is 0. The summed E-state index contributed by atoms with van der Waals surface area (Å²) in [6, 6.07) is 62.6. The molecule has 2 aliphatic carbocycles. The van der Waals surface area contributed by atoms with E-state index in [4.69, 9.17) is 0 Å². The quantitative estimate of drug-likeness (QED) is 0.202. The third kappa shape index (κ3) is 3.74. The van der Waals surface area contributed by atoms with Gasteiger partial charge in [0.1, 0.15) is 0 Å². The fraction of sp³-hybridized carbons (Fsp3) is 0.0455. The zero-order valence-corrected chi connectivity index (χ0v) is 25.1. The third-order valence-corrected chi connectivity index (χ3v) is 9.76. The molecule has 7 aromatic rings. The number of para-hydroxylation sites is 1. The van der Waals surface area contributed by atoms with Gasteiger partial charge in [0.05, 0.1) is 5.41 Å². The molecule has 45 heavy (non-hydrogen) atoms. The van der Waals surface area contributed by atoms with Gasteiger partial charge in [-0.2, -0.15) is 0 Å². The van der Waals surface area contributed by atoms with Crippen LogP contribution in [0.2, 0.25) is 0 Å². The molecule has 2 aliphatic rings. The van der Waals surface area contributed by atoms with Crippen LogP contribution < -0.4 is 4.90 Å². The Labute approximate surface area is 264 Å². The number of fused-ring (bicyclic) bond motifs is 10. The summed E-state index contributed by atoms with van der Waals surface area (Å²) in [4.78, 5) is 2.39. The lowest BCUT2D eigenvalue weighted by Crippen LogP contribution is -2.26. The van der Waals surface area contributed by atoms with Crippen molar-refractivity contribution < 1.29 is 0 Å². The van der Waals surface area contributed by atoms with Gasteiger partial charge in [0.15, 0.2) is 0 Å². The fourth-order valence-corrected chi connectivity index (χ4v) is 7.80. The first kappa shape index (κ1) is 25.8. The molecule has 0 amide bonds. The van der Waals surface area contributed by atoms with Crippen LogP contribution in [-0.4, -0.2) is 0 Å². The first-order valence-corrected chi connectivity index (χ1v) is 15.7. The van der Waals surface area contributed by atoms with Crippen molar-refractivity contribution in [3.63, 3.8) is 0 Å². The molecule has 0 bridgehead atoms. The Hall–Kier alpha value is -5.66. The Kier molecular flexibility index (Phi) is 5.70.